The summed E-state index contributed by atoms with van der Waals surface area (Å²) in [5, 5.41) is 10.4. The molecule has 0 amide bonds. The van der Waals surface area contributed by atoms with Gasteiger partial charge in [-0.15, -0.1) is 0 Å². The van der Waals surface area contributed by atoms with Crippen LogP contribution in [0.15, 0.2) is 59.9 Å². The van der Waals surface area contributed by atoms with Gasteiger partial charge in [-0.2, -0.15) is 5.10 Å². The van der Waals surface area contributed by atoms with Gasteiger partial charge >= 0.3 is 0 Å². The maximum Gasteiger partial charge on any atom is 0.193 e. The van der Waals surface area contributed by atoms with Crippen LogP contribution in [0.1, 0.15) is 23.5 Å². The highest BCUT2D eigenvalue weighted by Gasteiger charge is 2.26. The topological polar surface area (TPSA) is 45.5 Å². The molecule has 5 nitrogen and oxygen atoms in total. The lowest BCUT2D eigenvalue weighted by atomic mass is 10.0. The van der Waals surface area contributed by atoms with Gasteiger partial charge in [-0.1, -0.05) is 42.5 Å². The van der Waals surface area contributed by atoms with Gasteiger partial charge in [-0.3, -0.25) is 9.67 Å². The summed E-state index contributed by atoms with van der Waals surface area (Å²) in [5.74, 6) is 1.54. The Morgan fingerprint density at radius 3 is 2.85 bits per heavy atom. The number of likely N-dealkylation sites (tertiary alicyclic amines) is 1. The lowest BCUT2D eigenvalue weighted by molar-refractivity contribution is 0.486. The monoisotopic (exact) mass is 361 g/mol. The molecule has 3 aromatic rings. The summed E-state index contributed by atoms with van der Waals surface area (Å²) in [7, 11) is 3.85. The zero-order valence-corrected chi connectivity index (χ0v) is 16.1. The minimum atomic E-state index is 0.540. The molecule has 1 aliphatic rings. The van der Waals surface area contributed by atoms with Crippen LogP contribution >= 0.6 is 0 Å². The van der Waals surface area contributed by atoms with Crippen LogP contribution in [0, 0.1) is 0 Å². The Bertz CT molecular complexity index is 943. The third-order valence-corrected chi connectivity index (χ3v) is 5.41. The van der Waals surface area contributed by atoms with Crippen molar-refractivity contribution in [1.82, 2.24) is 20.0 Å². The molecule has 1 aliphatic heterocycles. The van der Waals surface area contributed by atoms with E-state index in [-0.39, 0.29) is 0 Å². The molecule has 0 aliphatic carbocycles. The Hall–Kier alpha value is -2.82. The van der Waals surface area contributed by atoms with Gasteiger partial charge in [0.15, 0.2) is 5.96 Å². The SMILES string of the molecule is CN=C(NCCc1ccc2ccccc2c1)N1CCC(c2cnn(C)c2)C1. The molecule has 2 heterocycles. The van der Waals surface area contributed by atoms with Crippen LogP contribution in [-0.2, 0) is 13.5 Å². The Balaban J connectivity index is 1.32. The first-order chi connectivity index (χ1) is 13.2. The van der Waals surface area contributed by atoms with E-state index in [0.717, 1.165) is 38.4 Å². The molecule has 27 heavy (non-hydrogen) atoms. The van der Waals surface area contributed by atoms with Crippen molar-refractivity contribution >= 4 is 16.7 Å². The summed E-state index contributed by atoms with van der Waals surface area (Å²) in [6.45, 7) is 2.93. The van der Waals surface area contributed by atoms with E-state index in [1.54, 1.807) is 0 Å². The van der Waals surface area contributed by atoms with Gasteiger partial charge < -0.3 is 10.2 Å². The number of hydrogen-bond donors (Lipinski definition) is 1. The van der Waals surface area contributed by atoms with Crippen LogP contribution in [-0.4, -0.2) is 47.3 Å². The molecule has 1 N–H and O–H groups in total. The normalized spacial score (nSPS) is 17.6. The van der Waals surface area contributed by atoms with Gasteiger partial charge in [0.05, 0.1) is 6.20 Å². The van der Waals surface area contributed by atoms with Gasteiger partial charge in [0.2, 0.25) is 0 Å². The van der Waals surface area contributed by atoms with Crippen LogP contribution < -0.4 is 5.32 Å². The molecule has 0 saturated carbocycles. The highest BCUT2D eigenvalue weighted by atomic mass is 15.3. The van der Waals surface area contributed by atoms with Crippen molar-refractivity contribution < 1.29 is 0 Å². The molecule has 0 spiro atoms. The van der Waals surface area contributed by atoms with E-state index in [1.807, 2.05) is 25.0 Å². The molecule has 0 radical (unpaired) electrons. The molecule has 2 aromatic carbocycles. The summed E-state index contributed by atoms with van der Waals surface area (Å²) in [6.07, 6.45) is 6.26. The highest BCUT2D eigenvalue weighted by molar-refractivity contribution is 5.83. The van der Waals surface area contributed by atoms with Crippen LogP contribution in [0.25, 0.3) is 10.8 Å². The van der Waals surface area contributed by atoms with Gasteiger partial charge in [-0.05, 0) is 34.7 Å². The fourth-order valence-electron chi connectivity index (χ4n) is 3.92. The first kappa shape index (κ1) is 17.6. The van der Waals surface area contributed by atoms with Crippen LogP contribution in [0.5, 0.6) is 0 Å². The van der Waals surface area contributed by atoms with E-state index in [2.05, 4.69) is 69.0 Å². The average Bonchev–Trinajstić information content (AvgIpc) is 3.34. The van der Waals surface area contributed by atoms with Gasteiger partial charge in [0.25, 0.3) is 0 Å². The fourth-order valence-corrected chi connectivity index (χ4v) is 3.92. The predicted molar refractivity (Wildman–Crippen MR) is 111 cm³/mol. The lowest BCUT2D eigenvalue weighted by Gasteiger charge is -2.21. The maximum atomic E-state index is 4.50. The summed E-state index contributed by atoms with van der Waals surface area (Å²) in [5.41, 5.74) is 2.68. The van der Waals surface area contributed by atoms with Crippen molar-refractivity contribution in [2.45, 2.75) is 18.8 Å². The van der Waals surface area contributed by atoms with Crippen molar-refractivity contribution in [3.8, 4) is 0 Å². The zero-order valence-electron chi connectivity index (χ0n) is 16.1. The molecule has 1 fully saturated rings. The predicted octanol–water partition coefficient (Wildman–Crippen LogP) is 3.18. The Morgan fingerprint density at radius 1 is 1.22 bits per heavy atom. The van der Waals surface area contributed by atoms with E-state index in [4.69, 9.17) is 0 Å². The second-order valence-corrected chi connectivity index (χ2v) is 7.28. The number of aryl methyl sites for hydroxylation is 1. The maximum absolute atomic E-state index is 4.50. The minimum absolute atomic E-state index is 0.540. The van der Waals surface area contributed by atoms with E-state index >= 15 is 0 Å². The number of rotatable bonds is 4. The number of nitrogens with one attached hydrogen (secondary N) is 1. The average molecular weight is 361 g/mol. The lowest BCUT2D eigenvalue weighted by Crippen LogP contribution is -2.40. The minimum Gasteiger partial charge on any atom is -0.356 e. The Labute approximate surface area is 160 Å². The number of hydrogen-bond acceptors (Lipinski definition) is 2. The standard InChI is InChI=1S/C22H27N5/c1-23-22(27-12-10-20(16-27)21-14-25-26(2)15-21)24-11-9-17-7-8-18-5-3-4-6-19(18)13-17/h3-8,13-15,20H,9-12,16H2,1-2H3,(H,23,24). The second kappa shape index (κ2) is 7.82. The molecule has 1 aromatic heterocycles. The van der Waals surface area contributed by atoms with Crippen LogP contribution in [0.3, 0.4) is 0 Å². The molecule has 5 heteroatoms. The van der Waals surface area contributed by atoms with Crippen molar-refractivity contribution in [3.63, 3.8) is 0 Å². The number of fused-ring (bicyclic) bond motifs is 1. The summed E-state index contributed by atoms with van der Waals surface area (Å²) >= 11 is 0. The summed E-state index contributed by atoms with van der Waals surface area (Å²) < 4.78 is 1.88. The molecule has 4 rings (SSSR count). The Kier molecular flexibility index (Phi) is 5.10. The summed E-state index contributed by atoms with van der Waals surface area (Å²) in [4.78, 5) is 6.85. The van der Waals surface area contributed by atoms with Gasteiger partial charge in [0, 0.05) is 45.8 Å². The molecule has 1 atom stereocenters. The molecule has 140 valence electrons. The molecular formula is C22H27N5. The van der Waals surface area contributed by atoms with Gasteiger partial charge in [-0.25, -0.2) is 0 Å². The zero-order chi connectivity index (χ0) is 18.6. The summed E-state index contributed by atoms with van der Waals surface area (Å²) in [6, 6.07) is 15.2. The molecule has 1 unspecified atom stereocenters. The van der Waals surface area contributed by atoms with Crippen LogP contribution in [0.4, 0.5) is 0 Å². The highest BCUT2D eigenvalue weighted by Crippen LogP contribution is 2.26. The van der Waals surface area contributed by atoms with Crippen LogP contribution in [0.2, 0.25) is 0 Å². The third kappa shape index (κ3) is 3.97. The fraction of sp³-hybridized carbons (Fsp3) is 0.364. The van der Waals surface area contributed by atoms with E-state index in [1.165, 1.54) is 21.9 Å². The van der Waals surface area contributed by atoms with Gasteiger partial charge in [0.1, 0.15) is 0 Å². The Morgan fingerprint density at radius 2 is 2.07 bits per heavy atom. The van der Waals surface area contributed by atoms with E-state index in [0.29, 0.717) is 5.92 Å². The number of benzene rings is 2. The van der Waals surface area contributed by atoms with Crippen molar-refractivity contribution in [1.29, 1.82) is 0 Å². The van der Waals surface area contributed by atoms with Crippen molar-refractivity contribution in [2.75, 3.05) is 26.7 Å². The number of aliphatic imine (C=N–C) groups is 1. The number of nitrogens with zero attached hydrogens (tertiary/aromatic N) is 4. The first-order valence-corrected chi connectivity index (χ1v) is 9.65. The van der Waals surface area contributed by atoms with E-state index < -0.39 is 0 Å². The second-order valence-electron chi connectivity index (χ2n) is 7.28. The number of aromatic nitrogens is 2. The smallest absolute Gasteiger partial charge is 0.193 e. The molecular weight excluding hydrogens is 334 g/mol. The molecule has 0 bridgehead atoms. The van der Waals surface area contributed by atoms with Crippen molar-refractivity contribution in [2.24, 2.45) is 12.0 Å². The van der Waals surface area contributed by atoms with E-state index in [9.17, 15) is 0 Å². The van der Waals surface area contributed by atoms with Crippen molar-refractivity contribution in [3.05, 3.63) is 66.0 Å². The quantitative estimate of drug-likeness (QED) is 0.573. The first-order valence-electron chi connectivity index (χ1n) is 9.65. The third-order valence-electron chi connectivity index (χ3n) is 5.41. The number of guanidine groups is 1. The molecule has 1 saturated heterocycles. The largest absolute Gasteiger partial charge is 0.356 e.